The summed E-state index contributed by atoms with van der Waals surface area (Å²) < 4.78 is 26.3. The molecule has 3 nitrogen and oxygen atoms in total. The topological polar surface area (TPSA) is 29.0 Å². The van der Waals surface area contributed by atoms with Crippen molar-refractivity contribution in [1.82, 2.24) is 9.97 Å². The number of aryl methyl sites for hydroxylation is 1. The summed E-state index contributed by atoms with van der Waals surface area (Å²) in [6, 6.07) is 0. The number of alkyl halides is 2. The van der Waals surface area contributed by atoms with E-state index in [9.17, 15) is 8.78 Å². The summed E-state index contributed by atoms with van der Waals surface area (Å²) in [7, 11) is 0. The third kappa shape index (κ3) is 2.74. The van der Waals surface area contributed by atoms with E-state index in [0.717, 1.165) is 17.1 Å². The molecule has 0 saturated carbocycles. The SMILES string of the molecule is CSc1nc(C)c(C)c(N2CCC(F)(F)CC2)n1. The average molecular weight is 273 g/mol. The second-order valence-corrected chi connectivity index (χ2v) is 5.36. The number of halogens is 2. The van der Waals surface area contributed by atoms with Crippen LogP contribution in [0.4, 0.5) is 14.6 Å². The highest BCUT2D eigenvalue weighted by molar-refractivity contribution is 7.98. The Kier molecular flexibility index (Phi) is 3.75. The molecule has 1 saturated heterocycles. The normalized spacial score (nSPS) is 19.1. The lowest BCUT2D eigenvalue weighted by Crippen LogP contribution is -2.40. The molecule has 2 rings (SSSR count). The summed E-state index contributed by atoms with van der Waals surface area (Å²) in [4.78, 5) is 10.8. The summed E-state index contributed by atoms with van der Waals surface area (Å²) in [5.41, 5.74) is 1.90. The van der Waals surface area contributed by atoms with Gasteiger partial charge in [-0.2, -0.15) is 0 Å². The Bertz CT molecular complexity index is 441. The molecule has 0 amide bonds. The fraction of sp³-hybridized carbons (Fsp3) is 0.667. The second kappa shape index (κ2) is 4.99. The van der Waals surface area contributed by atoms with Crippen LogP contribution >= 0.6 is 11.8 Å². The van der Waals surface area contributed by atoms with Crippen LogP contribution < -0.4 is 4.90 Å². The molecule has 1 aromatic heterocycles. The van der Waals surface area contributed by atoms with Crippen molar-refractivity contribution in [3.8, 4) is 0 Å². The number of hydrogen-bond donors (Lipinski definition) is 0. The molecule has 0 unspecified atom stereocenters. The molecular weight excluding hydrogens is 256 g/mol. The van der Waals surface area contributed by atoms with Gasteiger partial charge in [0, 0.05) is 37.2 Å². The monoisotopic (exact) mass is 273 g/mol. The number of rotatable bonds is 2. The van der Waals surface area contributed by atoms with E-state index < -0.39 is 5.92 Å². The van der Waals surface area contributed by atoms with Gasteiger partial charge in [-0.15, -0.1) is 0 Å². The number of piperidine rings is 1. The molecule has 0 spiro atoms. The van der Waals surface area contributed by atoms with Gasteiger partial charge >= 0.3 is 0 Å². The first-order valence-corrected chi connectivity index (χ1v) is 7.17. The molecule has 0 aliphatic carbocycles. The van der Waals surface area contributed by atoms with E-state index in [1.54, 1.807) is 0 Å². The lowest BCUT2D eigenvalue weighted by Gasteiger charge is -2.33. The van der Waals surface area contributed by atoms with Crippen molar-refractivity contribution in [2.24, 2.45) is 0 Å². The van der Waals surface area contributed by atoms with Crippen LogP contribution in [0, 0.1) is 13.8 Å². The summed E-state index contributed by atoms with van der Waals surface area (Å²) >= 11 is 1.47. The molecule has 2 heterocycles. The van der Waals surface area contributed by atoms with Crippen LogP contribution in [0.1, 0.15) is 24.1 Å². The van der Waals surface area contributed by atoms with Crippen molar-refractivity contribution in [2.45, 2.75) is 37.8 Å². The third-order valence-corrected chi connectivity index (χ3v) is 3.87. The molecule has 1 fully saturated rings. The van der Waals surface area contributed by atoms with Gasteiger partial charge in [0.1, 0.15) is 5.82 Å². The number of nitrogens with zero attached hydrogens (tertiary/aromatic N) is 3. The molecule has 6 heteroatoms. The lowest BCUT2D eigenvalue weighted by atomic mass is 10.1. The standard InChI is InChI=1S/C12H17F2N3S/c1-8-9(2)15-11(18-3)16-10(8)17-6-4-12(13,14)5-7-17/h4-7H2,1-3H3. The van der Waals surface area contributed by atoms with Gasteiger partial charge in [0.25, 0.3) is 5.92 Å². The Balaban J connectivity index is 2.26. The molecule has 1 aliphatic rings. The summed E-state index contributed by atoms with van der Waals surface area (Å²) in [5, 5.41) is 0.699. The van der Waals surface area contributed by atoms with Crippen LogP contribution in [-0.4, -0.2) is 35.2 Å². The number of thioether (sulfide) groups is 1. The fourth-order valence-corrected chi connectivity index (χ4v) is 2.44. The van der Waals surface area contributed by atoms with Crippen molar-refractivity contribution >= 4 is 17.6 Å². The van der Waals surface area contributed by atoms with Crippen LogP contribution in [0.2, 0.25) is 0 Å². The van der Waals surface area contributed by atoms with Crippen LogP contribution in [0.3, 0.4) is 0 Å². The molecule has 18 heavy (non-hydrogen) atoms. The molecule has 100 valence electrons. The van der Waals surface area contributed by atoms with Crippen LogP contribution in [0.15, 0.2) is 5.16 Å². The third-order valence-electron chi connectivity index (χ3n) is 3.32. The highest BCUT2D eigenvalue weighted by atomic mass is 32.2. The van der Waals surface area contributed by atoms with E-state index in [-0.39, 0.29) is 12.8 Å². The van der Waals surface area contributed by atoms with E-state index in [0.29, 0.717) is 18.2 Å². The van der Waals surface area contributed by atoms with E-state index >= 15 is 0 Å². The highest BCUT2D eigenvalue weighted by Crippen LogP contribution is 2.31. The zero-order valence-electron chi connectivity index (χ0n) is 10.8. The molecule has 0 radical (unpaired) electrons. The molecule has 0 N–H and O–H groups in total. The number of hydrogen-bond acceptors (Lipinski definition) is 4. The van der Waals surface area contributed by atoms with Crippen LogP contribution in [0.25, 0.3) is 0 Å². The first-order valence-electron chi connectivity index (χ1n) is 5.95. The Morgan fingerprint density at radius 3 is 2.33 bits per heavy atom. The quantitative estimate of drug-likeness (QED) is 0.612. The van der Waals surface area contributed by atoms with Gasteiger partial charge in [0.2, 0.25) is 0 Å². The van der Waals surface area contributed by atoms with Crippen molar-refractivity contribution in [2.75, 3.05) is 24.2 Å². The minimum atomic E-state index is -2.52. The van der Waals surface area contributed by atoms with Crippen molar-refractivity contribution < 1.29 is 8.78 Å². The summed E-state index contributed by atoms with van der Waals surface area (Å²) in [5.74, 6) is -1.71. The Labute approximate surface area is 110 Å². The summed E-state index contributed by atoms with van der Waals surface area (Å²) in [6.45, 7) is 4.59. The van der Waals surface area contributed by atoms with Gasteiger partial charge in [0.15, 0.2) is 5.16 Å². The van der Waals surface area contributed by atoms with Gasteiger partial charge in [-0.25, -0.2) is 18.7 Å². The average Bonchev–Trinajstić information content (AvgIpc) is 2.33. The first-order chi connectivity index (χ1) is 8.43. The van der Waals surface area contributed by atoms with E-state index in [4.69, 9.17) is 0 Å². The minimum Gasteiger partial charge on any atom is -0.356 e. The van der Waals surface area contributed by atoms with Crippen molar-refractivity contribution in [3.63, 3.8) is 0 Å². The Morgan fingerprint density at radius 1 is 1.17 bits per heavy atom. The first kappa shape index (κ1) is 13.5. The zero-order chi connectivity index (χ0) is 13.3. The Hall–Kier alpha value is -0.910. The lowest BCUT2D eigenvalue weighted by molar-refractivity contribution is -0.0221. The van der Waals surface area contributed by atoms with Gasteiger partial charge in [-0.3, -0.25) is 0 Å². The second-order valence-electron chi connectivity index (χ2n) is 4.59. The molecule has 0 aromatic carbocycles. The van der Waals surface area contributed by atoms with Crippen molar-refractivity contribution in [1.29, 1.82) is 0 Å². The molecular formula is C12H17F2N3S. The van der Waals surface area contributed by atoms with Gasteiger partial charge in [-0.05, 0) is 20.1 Å². The molecule has 1 aromatic rings. The molecule has 1 aliphatic heterocycles. The largest absolute Gasteiger partial charge is 0.356 e. The smallest absolute Gasteiger partial charge is 0.251 e. The van der Waals surface area contributed by atoms with E-state index in [1.807, 2.05) is 25.0 Å². The molecule has 0 bridgehead atoms. The maximum Gasteiger partial charge on any atom is 0.251 e. The Morgan fingerprint density at radius 2 is 1.78 bits per heavy atom. The number of anilines is 1. The predicted molar refractivity (Wildman–Crippen MR) is 69.7 cm³/mol. The maximum atomic E-state index is 13.2. The van der Waals surface area contributed by atoms with E-state index in [1.165, 1.54) is 11.8 Å². The maximum absolute atomic E-state index is 13.2. The van der Waals surface area contributed by atoms with Gasteiger partial charge in [-0.1, -0.05) is 11.8 Å². The minimum absolute atomic E-state index is 0.0932. The highest BCUT2D eigenvalue weighted by Gasteiger charge is 2.35. The predicted octanol–water partition coefficient (Wildman–Crippen LogP) is 3.05. The summed E-state index contributed by atoms with van der Waals surface area (Å²) in [6.07, 6.45) is 1.73. The fourth-order valence-electron chi connectivity index (χ4n) is 2.03. The van der Waals surface area contributed by atoms with E-state index in [2.05, 4.69) is 9.97 Å². The van der Waals surface area contributed by atoms with Gasteiger partial charge < -0.3 is 4.90 Å². The van der Waals surface area contributed by atoms with Gasteiger partial charge in [0.05, 0.1) is 0 Å². The zero-order valence-corrected chi connectivity index (χ0v) is 11.7. The van der Waals surface area contributed by atoms with Crippen LogP contribution in [-0.2, 0) is 0 Å². The number of aromatic nitrogens is 2. The van der Waals surface area contributed by atoms with Crippen LogP contribution in [0.5, 0.6) is 0 Å². The molecule has 0 atom stereocenters. The van der Waals surface area contributed by atoms with Crippen molar-refractivity contribution in [3.05, 3.63) is 11.3 Å².